The van der Waals surface area contributed by atoms with Crippen LogP contribution in [0.5, 0.6) is 11.5 Å². The van der Waals surface area contributed by atoms with Crippen LogP contribution in [0.4, 0.5) is 0 Å². The van der Waals surface area contributed by atoms with Crippen LogP contribution in [-0.2, 0) is 16.1 Å². The molecule has 2 heterocycles. The molecule has 2 atom stereocenters. The first-order valence-corrected chi connectivity index (χ1v) is 9.13. The van der Waals surface area contributed by atoms with Crippen LogP contribution in [0.25, 0.3) is 0 Å². The van der Waals surface area contributed by atoms with Crippen molar-refractivity contribution < 1.29 is 19.1 Å². The molecule has 0 saturated carbocycles. The van der Waals surface area contributed by atoms with Crippen LogP contribution in [0.2, 0.25) is 5.02 Å². The topological polar surface area (TPSA) is 69.2 Å². The average Bonchev–Trinajstić information content (AvgIpc) is 3.31. The normalized spacial score (nSPS) is 18.6. The van der Waals surface area contributed by atoms with Crippen molar-refractivity contribution in [2.75, 3.05) is 6.79 Å². The number of carbonyl (C=O) groups is 1. The molecule has 2 aliphatic heterocycles. The van der Waals surface area contributed by atoms with Gasteiger partial charge in [0.1, 0.15) is 0 Å². The van der Waals surface area contributed by atoms with Gasteiger partial charge in [-0.25, -0.2) is 0 Å². The van der Waals surface area contributed by atoms with E-state index in [4.69, 9.17) is 25.9 Å². The van der Waals surface area contributed by atoms with Crippen molar-refractivity contribution in [1.29, 1.82) is 0 Å². The summed E-state index contributed by atoms with van der Waals surface area (Å²) in [6.07, 6.45) is 0.426. The Kier molecular flexibility index (Phi) is 4.90. The summed E-state index contributed by atoms with van der Waals surface area (Å²) in [6.45, 7) is 2.14. The van der Waals surface area contributed by atoms with E-state index in [1.165, 1.54) is 0 Å². The van der Waals surface area contributed by atoms with Crippen LogP contribution in [0.3, 0.4) is 0 Å². The maximum atomic E-state index is 12.5. The first kappa shape index (κ1) is 17.7. The molecule has 2 aliphatic rings. The summed E-state index contributed by atoms with van der Waals surface area (Å²) in [5.41, 5.74) is 2.72. The Hall–Kier alpha value is -2.73. The second kappa shape index (κ2) is 7.48. The lowest BCUT2D eigenvalue weighted by molar-refractivity contribution is -0.131. The smallest absolute Gasteiger partial charge is 0.264 e. The Balaban J connectivity index is 1.33. The van der Waals surface area contributed by atoms with Crippen LogP contribution < -0.4 is 14.8 Å². The van der Waals surface area contributed by atoms with Crippen LogP contribution in [0, 0.1) is 0 Å². The Morgan fingerprint density at radius 2 is 2.07 bits per heavy atom. The standard InChI is InChI=1S/C20H19ClN2O4/c1-12(15-4-2-3-5-16(15)21)22-20(24)19-10-14(23-27-19)8-13-6-7-17-18(9-13)26-11-25-17/h2-7,9,12,19H,8,10-11H2,1H3,(H,22,24). The minimum absolute atomic E-state index is 0.202. The number of ether oxygens (including phenoxy) is 2. The zero-order chi connectivity index (χ0) is 18.8. The van der Waals surface area contributed by atoms with Gasteiger partial charge in [-0.3, -0.25) is 4.79 Å². The zero-order valence-corrected chi connectivity index (χ0v) is 15.5. The van der Waals surface area contributed by atoms with E-state index in [-0.39, 0.29) is 18.7 Å². The number of oxime groups is 1. The molecule has 27 heavy (non-hydrogen) atoms. The lowest BCUT2D eigenvalue weighted by atomic mass is 10.0. The van der Waals surface area contributed by atoms with Crippen LogP contribution in [-0.4, -0.2) is 24.5 Å². The molecule has 1 amide bonds. The van der Waals surface area contributed by atoms with Crippen molar-refractivity contribution in [2.45, 2.75) is 31.9 Å². The number of halogens is 1. The minimum atomic E-state index is -0.626. The third-order valence-electron chi connectivity index (χ3n) is 4.60. The molecule has 0 spiro atoms. The van der Waals surface area contributed by atoms with Crippen LogP contribution in [0.1, 0.15) is 30.5 Å². The molecule has 7 heteroatoms. The summed E-state index contributed by atoms with van der Waals surface area (Å²) < 4.78 is 10.7. The highest BCUT2D eigenvalue weighted by atomic mass is 35.5. The number of nitrogens with zero attached hydrogens (tertiary/aromatic N) is 1. The molecule has 0 aliphatic carbocycles. The second-order valence-electron chi connectivity index (χ2n) is 6.57. The van der Waals surface area contributed by atoms with Gasteiger partial charge in [-0.1, -0.05) is 41.0 Å². The van der Waals surface area contributed by atoms with E-state index in [9.17, 15) is 4.79 Å². The van der Waals surface area contributed by atoms with E-state index >= 15 is 0 Å². The van der Waals surface area contributed by atoms with Gasteiger partial charge in [-0.2, -0.15) is 0 Å². The predicted molar refractivity (Wildman–Crippen MR) is 101 cm³/mol. The Bertz CT molecular complexity index is 899. The maximum Gasteiger partial charge on any atom is 0.264 e. The number of hydrogen-bond acceptors (Lipinski definition) is 5. The average molecular weight is 387 g/mol. The number of carbonyl (C=O) groups excluding carboxylic acids is 1. The molecule has 0 bridgehead atoms. The number of fused-ring (bicyclic) bond motifs is 1. The van der Waals surface area contributed by atoms with Crippen LogP contribution >= 0.6 is 11.6 Å². The number of nitrogens with one attached hydrogen (secondary N) is 1. The number of rotatable bonds is 5. The Morgan fingerprint density at radius 1 is 1.26 bits per heavy atom. The van der Waals surface area contributed by atoms with Crippen molar-refractivity contribution in [2.24, 2.45) is 5.16 Å². The molecule has 2 aromatic carbocycles. The molecule has 2 aromatic rings. The summed E-state index contributed by atoms with van der Waals surface area (Å²) in [7, 11) is 0. The van der Waals surface area contributed by atoms with E-state index in [1.54, 1.807) is 6.07 Å². The summed E-state index contributed by atoms with van der Waals surface area (Å²) in [5, 5.41) is 7.64. The maximum absolute atomic E-state index is 12.5. The van der Waals surface area contributed by atoms with Crippen molar-refractivity contribution >= 4 is 23.2 Å². The van der Waals surface area contributed by atoms with Gasteiger partial charge < -0.3 is 19.6 Å². The lowest BCUT2D eigenvalue weighted by Crippen LogP contribution is -2.36. The largest absolute Gasteiger partial charge is 0.454 e. The molecule has 6 nitrogen and oxygen atoms in total. The summed E-state index contributed by atoms with van der Waals surface area (Å²) >= 11 is 6.19. The molecule has 4 rings (SSSR count). The van der Waals surface area contributed by atoms with Gasteiger partial charge in [0.25, 0.3) is 5.91 Å². The van der Waals surface area contributed by atoms with Gasteiger partial charge in [-0.15, -0.1) is 0 Å². The third kappa shape index (κ3) is 3.85. The van der Waals surface area contributed by atoms with E-state index in [2.05, 4.69) is 10.5 Å². The number of benzene rings is 2. The van der Waals surface area contributed by atoms with Crippen LogP contribution in [0.15, 0.2) is 47.6 Å². The monoisotopic (exact) mass is 386 g/mol. The highest BCUT2D eigenvalue weighted by molar-refractivity contribution is 6.31. The van der Waals surface area contributed by atoms with E-state index < -0.39 is 6.10 Å². The highest BCUT2D eigenvalue weighted by Crippen LogP contribution is 2.33. The van der Waals surface area contributed by atoms with Crippen molar-refractivity contribution in [1.82, 2.24) is 5.32 Å². The van der Waals surface area contributed by atoms with E-state index in [1.807, 2.05) is 43.3 Å². The lowest BCUT2D eigenvalue weighted by Gasteiger charge is -2.17. The number of amides is 1. The molecule has 0 aromatic heterocycles. The minimum Gasteiger partial charge on any atom is -0.454 e. The summed E-state index contributed by atoms with van der Waals surface area (Å²) in [5.74, 6) is 1.27. The first-order chi connectivity index (χ1) is 13.1. The fraction of sp³-hybridized carbons (Fsp3) is 0.300. The van der Waals surface area contributed by atoms with E-state index in [0.29, 0.717) is 17.9 Å². The fourth-order valence-corrected chi connectivity index (χ4v) is 3.47. The van der Waals surface area contributed by atoms with Gasteiger partial charge in [0.15, 0.2) is 11.5 Å². The predicted octanol–water partition coefficient (Wildman–Crippen LogP) is 3.63. The van der Waals surface area contributed by atoms with Crippen molar-refractivity contribution in [3.63, 3.8) is 0 Å². The summed E-state index contributed by atoms with van der Waals surface area (Å²) in [4.78, 5) is 17.8. The highest BCUT2D eigenvalue weighted by Gasteiger charge is 2.29. The summed E-state index contributed by atoms with van der Waals surface area (Å²) in [6, 6.07) is 13.0. The SMILES string of the molecule is CC(NC(=O)C1CC(Cc2ccc3c(c2)OCO3)=NO1)c1ccccc1Cl. The van der Waals surface area contributed by atoms with Crippen molar-refractivity contribution in [3.05, 3.63) is 58.6 Å². The number of hydrogen-bond donors (Lipinski definition) is 1. The Morgan fingerprint density at radius 3 is 2.93 bits per heavy atom. The van der Waals surface area contributed by atoms with Gasteiger partial charge >= 0.3 is 0 Å². The molecule has 0 radical (unpaired) electrons. The van der Waals surface area contributed by atoms with Crippen molar-refractivity contribution in [3.8, 4) is 11.5 Å². The second-order valence-corrected chi connectivity index (χ2v) is 6.98. The Labute approximate surface area is 162 Å². The molecule has 1 N–H and O–H groups in total. The van der Waals surface area contributed by atoms with Gasteiger partial charge in [0.05, 0.1) is 11.8 Å². The first-order valence-electron chi connectivity index (χ1n) is 8.75. The van der Waals surface area contributed by atoms with Gasteiger partial charge in [0.2, 0.25) is 12.9 Å². The molecule has 140 valence electrons. The molecular formula is C20H19ClN2O4. The van der Waals surface area contributed by atoms with E-state index in [0.717, 1.165) is 28.3 Å². The third-order valence-corrected chi connectivity index (χ3v) is 4.94. The van der Waals surface area contributed by atoms with Gasteiger partial charge in [-0.05, 0) is 36.2 Å². The van der Waals surface area contributed by atoms with Gasteiger partial charge in [0, 0.05) is 17.9 Å². The zero-order valence-electron chi connectivity index (χ0n) is 14.8. The fourth-order valence-electron chi connectivity index (χ4n) is 3.17. The molecule has 0 saturated heterocycles. The molecule has 0 fully saturated rings. The molecular weight excluding hydrogens is 368 g/mol. The quantitative estimate of drug-likeness (QED) is 0.851. The molecule has 2 unspecified atom stereocenters.